The van der Waals surface area contributed by atoms with Crippen LogP contribution in [-0.2, 0) is 11.3 Å². The summed E-state index contributed by atoms with van der Waals surface area (Å²) in [6.07, 6.45) is 0. The van der Waals surface area contributed by atoms with Gasteiger partial charge in [0.05, 0.1) is 24.8 Å². The van der Waals surface area contributed by atoms with Crippen molar-refractivity contribution in [2.45, 2.75) is 19.5 Å². The maximum atomic E-state index is 12.4. The Morgan fingerprint density at radius 1 is 1.29 bits per heavy atom. The first kappa shape index (κ1) is 17.5. The standard InChI is InChI=1S/C19H21N3O2/c1-14(19(23)21-17-9-6-7-15(11-17)12-20)22(2)13-16-8-4-5-10-18(16)24-3/h4-11,14H,13H2,1-3H3,(H,21,23)/t14-/m0/s1. The second-order valence-corrected chi connectivity index (χ2v) is 5.58. The minimum atomic E-state index is -0.333. The third kappa shape index (κ3) is 4.34. The van der Waals surface area contributed by atoms with Crippen LogP contribution in [0.5, 0.6) is 5.75 Å². The summed E-state index contributed by atoms with van der Waals surface area (Å²) >= 11 is 0. The van der Waals surface area contributed by atoms with Crippen LogP contribution in [0.2, 0.25) is 0 Å². The van der Waals surface area contributed by atoms with E-state index in [1.807, 2.05) is 43.1 Å². The topological polar surface area (TPSA) is 65.4 Å². The Kier molecular flexibility index (Phi) is 5.94. The molecule has 0 aliphatic heterocycles. The molecule has 0 bridgehead atoms. The minimum absolute atomic E-state index is 0.123. The highest BCUT2D eigenvalue weighted by molar-refractivity contribution is 5.94. The molecule has 0 aromatic heterocycles. The molecule has 0 heterocycles. The van der Waals surface area contributed by atoms with E-state index in [4.69, 9.17) is 10.00 Å². The molecule has 24 heavy (non-hydrogen) atoms. The lowest BCUT2D eigenvalue weighted by molar-refractivity contribution is -0.120. The van der Waals surface area contributed by atoms with Gasteiger partial charge < -0.3 is 10.1 Å². The third-order valence-corrected chi connectivity index (χ3v) is 3.91. The van der Waals surface area contributed by atoms with Crippen LogP contribution in [-0.4, -0.2) is 31.0 Å². The van der Waals surface area contributed by atoms with Gasteiger partial charge in [0.2, 0.25) is 5.91 Å². The van der Waals surface area contributed by atoms with Crippen LogP contribution in [0.3, 0.4) is 0 Å². The highest BCUT2D eigenvalue weighted by atomic mass is 16.5. The molecule has 0 unspecified atom stereocenters. The molecule has 5 heteroatoms. The zero-order valence-electron chi connectivity index (χ0n) is 14.1. The number of hydrogen-bond donors (Lipinski definition) is 1. The van der Waals surface area contributed by atoms with Crippen molar-refractivity contribution in [1.29, 1.82) is 5.26 Å². The minimum Gasteiger partial charge on any atom is -0.496 e. The summed E-state index contributed by atoms with van der Waals surface area (Å²) in [6.45, 7) is 2.44. The van der Waals surface area contributed by atoms with Crippen molar-refractivity contribution in [3.05, 3.63) is 59.7 Å². The molecule has 0 fully saturated rings. The number of ether oxygens (including phenoxy) is 1. The van der Waals surface area contributed by atoms with Crippen LogP contribution < -0.4 is 10.1 Å². The fourth-order valence-electron chi connectivity index (χ4n) is 2.35. The molecular weight excluding hydrogens is 302 g/mol. The van der Waals surface area contributed by atoms with E-state index in [0.717, 1.165) is 11.3 Å². The number of para-hydroxylation sites is 1. The van der Waals surface area contributed by atoms with Crippen LogP contribution in [0.25, 0.3) is 0 Å². The number of carbonyl (C=O) groups is 1. The maximum Gasteiger partial charge on any atom is 0.241 e. The molecule has 0 radical (unpaired) electrons. The summed E-state index contributed by atoms with van der Waals surface area (Å²) in [5, 5.41) is 11.8. The average Bonchev–Trinajstić information content (AvgIpc) is 2.61. The van der Waals surface area contributed by atoms with Gasteiger partial charge in [-0.25, -0.2) is 0 Å². The van der Waals surface area contributed by atoms with E-state index in [1.165, 1.54) is 0 Å². The number of hydrogen-bond acceptors (Lipinski definition) is 4. The normalized spacial score (nSPS) is 11.6. The van der Waals surface area contributed by atoms with E-state index >= 15 is 0 Å². The number of benzene rings is 2. The zero-order chi connectivity index (χ0) is 17.5. The summed E-state index contributed by atoms with van der Waals surface area (Å²) in [5.41, 5.74) is 2.16. The number of nitrogens with zero attached hydrogens (tertiary/aromatic N) is 2. The summed E-state index contributed by atoms with van der Waals surface area (Å²) in [7, 11) is 3.53. The first-order valence-corrected chi connectivity index (χ1v) is 7.68. The van der Waals surface area contributed by atoms with Crippen molar-refractivity contribution in [3.63, 3.8) is 0 Å². The molecule has 0 saturated carbocycles. The van der Waals surface area contributed by atoms with Gasteiger partial charge in [0.15, 0.2) is 0 Å². The fourth-order valence-corrected chi connectivity index (χ4v) is 2.35. The van der Waals surface area contributed by atoms with Crippen LogP contribution >= 0.6 is 0 Å². The Hall–Kier alpha value is -2.84. The number of likely N-dealkylation sites (N-methyl/N-ethyl adjacent to an activating group) is 1. The van der Waals surface area contributed by atoms with Crippen LogP contribution in [0.1, 0.15) is 18.1 Å². The van der Waals surface area contributed by atoms with Crippen LogP contribution in [0.15, 0.2) is 48.5 Å². The molecule has 2 rings (SSSR count). The lowest BCUT2D eigenvalue weighted by Gasteiger charge is -2.24. The van der Waals surface area contributed by atoms with Gasteiger partial charge >= 0.3 is 0 Å². The van der Waals surface area contributed by atoms with Crippen molar-refractivity contribution in [3.8, 4) is 11.8 Å². The molecule has 5 nitrogen and oxygen atoms in total. The van der Waals surface area contributed by atoms with Gasteiger partial charge in [0.1, 0.15) is 5.75 Å². The SMILES string of the molecule is COc1ccccc1CN(C)[C@@H](C)C(=O)Nc1cccc(C#N)c1. The molecule has 2 aromatic carbocycles. The van der Waals surface area contributed by atoms with Gasteiger partial charge in [0.25, 0.3) is 0 Å². The van der Waals surface area contributed by atoms with Gasteiger partial charge in [-0.2, -0.15) is 5.26 Å². The summed E-state index contributed by atoms with van der Waals surface area (Å²) in [5.74, 6) is 0.682. The molecule has 0 spiro atoms. The van der Waals surface area contributed by atoms with E-state index in [-0.39, 0.29) is 11.9 Å². The largest absolute Gasteiger partial charge is 0.496 e. The molecule has 1 N–H and O–H groups in total. The molecule has 1 atom stereocenters. The number of anilines is 1. The molecule has 2 aromatic rings. The van der Waals surface area contributed by atoms with Gasteiger partial charge in [-0.05, 0) is 38.2 Å². The Balaban J connectivity index is 2.03. The van der Waals surface area contributed by atoms with Gasteiger partial charge in [-0.15, -0.1) is 0 Å². The number of rotatable bonds is 6. The number of carbonyl (C=O) groups excluding carboxylic acids is 1. The molecular formula is C19H21N3O2. The predicted octanol–water partition coefficient (Wildman–Crippen LogP) is 3.03. The van der Waals surface area contributed by atoms with E-state index in [1.54, 1.807) is 31.4 Å². The molecule has 0 aliphatic carbocycles. The monoisotopic (exact) mass is 323 g/mol. The molecule has 0 saturated heterocycles. The van der Waals surface area contributed by atoms with Crippen molar-refractivity contribution >= 4 is 11.6 Å². The quantitative estimate of drug-likeness (QED) is 0.887. The molecule has 124 valence electrons. The molecule has 1 amide bonds. The third-order valence-electron chi connectivity index (χ3n) is 3.91. The Bertz CT molecular complexity index is 752. The van der Waals surface area contributed by atoms with Crippen molar-refractivity contribution in [2.75, 3.05) is 19.5 Å². The van der Waals surface area contributed by atoms with Gasteiger partial charge in [0, 0.05) is 17.8 Å². The molecule has 0 aliphatic rings. The lowest BCUT2D eigenvalue weighted by Crippen LogP contribution is -2.39. The second-order valence-electron chi connectivity index (χ2n) is 5.58. The number of amides is 1. The van der Waals surface area contributed by atoms with E-state index in [2.05, 4.69) is 11.4 Å². The Morgan fingerprint density at radius 2 is 2.04 bits per heavy atom. The van der Waals surface area contributed by atoms with Crippen molar-refractivity contribution in [1.82, 2.24) is 4.90 Å². The summed E-state index contributed by atoms with van der Waals surface area (Å²) in [4.78, 5) is 14.4. The van der Waals surface area contributed by atoms with E-state index in [9.17, 15) is 4.79 Å². The zero-order valence-corrected chi connectivity index (χ0v) is 14.1. The number of nitriles is 1. The Morgan fingerprint density at radius 3 is 2.75 bits per heavy atom. The summed E-state index contributed by atoms with van der Waals surface area (Å²) in [6, 6.07) is 16.4. The Labute approximate surface area is 142 Å². The van der Waals surface area contributed by atoms with Crippen LogP contribution in [0.4, 0.5) is 5.69 Å². The van der Waals surface area contributed by atoms with E-state index < -0.39 is 0 Å². The van der Waals surface area contributed by atoms with Crippen molar-refractivity contribution in [2.24, 2.45) is 0 Å². The summed E-state index contributed by atoms with van der Waals surface area (Å²) < 4.78 is 5.35. The lowest BCUT2D eigenvalue weighted by atomic mass is 10.1. The van der Waals surface area contributed by atoms with Crippen molar-refractivity contribution < 1.29 is 9.53 Å². The first-order chi connectivity index (χ1) is 11.5. The smallest absolute Gasteiger partial charge is 0.241 e. The number of nitrogens with one attached hydrogen (secondary N) is 1. The predicted molar refractivity (Wildman–Crippen MR) is 93.7 cm³/mol. The highest BCUT2D eigenvalue weighted by Crippen LogP contribution is 2.20. The number of methoxy groups -OCH3 is 1. The highest BCUT2D eigenvalue weighted by Gasteiger charge is 2.19. The average molecular weight is 323 g/mol. The second kappa shape index (κ2) is 8.14. The van der Waals surface area contributed by atoms with Crippen LogP contribution in [0, 0.1) is 11.3 Å². The van der Waals surface area contributed by atoms with E-state index in [0.29, 0.717) is 17.8 Å². The fraction of sp³-hybridized carbons (Fsp3) is 0.263. The van der Waals surface area contributed by atoms with Gasteiger partial charge in [-0.3, -0.25) is 9.69 Å². The van der Waals surface area contributed by atoms with Gasteiger partial charge in [-0.1, -0.05) is 24.3 Å². The maximum absolute atomic E-state index is 12.4. The first-order valence-electron chi connectivity index (χ1n) is 7.68.